The molecule has 4 rings (SSSR count). The van der Waals surface area contributed by atoms with Crippen LogP contribution in [0.3, 0.4) is 0 Å². The fourth-order valence-corrected chi connectivity index (χ4v) is 3.30. The first-order valence-electron chi connectivity index (χ1n) is 10.1. The second-order valence-corrected chi connectivity index (χ2v) is 7.26. The maximum atomic E-state index is 12.5. The number of nitrogens with one attached hydrogen (secondary N) is 2. The standard InChI is InChI=1S/C24H23N5O2/c1-17-9-10-18(24(31)26-15-19-6-4-5-12-25-19)14-21(17)28-23(30)11-13-29-16-27-20-7-2-3-8-22(20)29/h2-10,12,14,16H,11,13,15H2,1H3,(H,26,31)(H,28,30). The molecule has 0 aliphatic heterocycles. The lowest BCUT2D eigenvalue weighted by molar-refractivity contribution is -0.116. The number of carbonyl (C=O) groups is 2. The van der Waals surface area contributed by atoms with E-state index in [0.717, 1.165) is 22.3 Å². The van der Waals surface area contributed by atoms with E-state index in [4.69, 9.17) is 0 Å². The number of rotatable bonds is 7. The molecule has 2 N–H and O–H groups in total. The summed E-state index contributed by atoms with van der Waals surface area (Å²) in [6, 6.07) is 18.7. The van der Waals surface area contributed by atoms with Gasteiger partial charge in [0, 0.05) is 30.4 Å². The Morgan fingerprint density at radius 2 is 1.84 bits per heavy atom. The van der Waals surface area contributed by atoms with E-state index in [1.807, 2.05) is 60.0 Å². The van der Waals surface area contributed by atoms with E-state index < -0.39 is 0 Å². The van der Waals surface area contributed by atoms with Gasteiger partial charge in [-0.2, -0.15) is 0 Å². The Hall–Kier alpha value is -4.00. The minimum atomic E-state index is -0.217. The molecule has 7 heteroatoms. The normalized spacial score (nSPS) is 10.7. The molecule has 0 fully saturated rings. The molecule has 2 aromatic heterocycles. The average molecular weight is 413 g/mol. The van der Waals surface area contributed by atoms with Gasteiger partial charge < -0.3 is 15.2 Å². The van der Waals surface area contributed by atoms with Crippen molar-refractivity contribution in [1.29, 1.82) is 0 Å². The minimum absolute atomic E-state index is 0.119. The Kier molecular flexibility index (Phi) is 6.03. The molecule has 4 aromatic rings. The molecule has 2 heterocycles. The number of imidazole rings is 1. The van der Waals surface area contributed by atoms with Crippen molar-refractivity contribution in [2.75, 3.05) is 5.32 Å². The fourth-order valence-electron chi connectivity index (χ4n) is 3.30. The van der Waals surface area contributed by atoms with Crippen molar-refractivity contribution in [3.63, 3.8) is 0 Å². The Morgan fingerprint density at radius 3 is 2.68 bits per heavy atom. The van der Waals surface area contributed by atoms with Gasteiger partial charge in [-0.15, -0.1) is 0 Å². The lowest BCUT2D eigenvalue weighted by Gasteiger charge is -2.11. The first-order chi connectivity index (χ1) is 15.1. The zero-order valence-corrected chi connectivity index (χ0v) is 17.2. The van der Waals surface area contributed by atoms with Crippen molar-refractivity contribution in [3.8, 4) is 0 Å². The number of aryl methyl sites for hydroxylation is 2. The largest absolute Gasteiger partial charge is 0.346 e. The van der Waals surface area contributed by atoms with Crippen LogP contribution in [0.1, 0.15) is 28.0 Å². The van der Waals surface area contributed by atoms with Crippen LogP contribution in [0.25, 0.3) is 11.0 Å². The van der Waals surface area contributed by atoms with Gasteiger partial charge in [-0.05, 0) is 48.9 Å². The quantitative estimate of drug-likeness (QED) is 0.484. The third kappa shape index (κ3) is 4.95. The Balaban J connectivity index is 1.37. The predicted octanol–water partition coefficient (Wildman–Crippen LogP) is 3.70. The van der Waals surface area contributed by atoms with Gasteiger partial charge in [-0.25, -0.2) is 4.98 Å². The molecule has 0 radical (unpaired) electrons. The first kappa shape index (κ1) is 20.3. The number of carbonyl (C=O) groups excluding carboxylic acids is 2. The minimum Gasteiger partial charge on any atom is -0.346 e. The lowest BCUT2D eigenvalue weighted by atomic mass is 10.1. The number of anilines is 1. The van der Waals surface area contributed by atoms with E-state index in [0.29, 0.717) is 30.8 Å². The number of nitrogens with zero attached hydrogens (tertiary/aromatic N) is 3. The molecule has 0 saturated carbocycles. The number of aromatic nitrogens is 3. The molecule has 0 saturated heterocycles. The van der Waals surface area contributed by atoms with Crippen LogP contribution in [0.5, 0.6) is 0 Å². The highest BCUT2D eigenvalue weighted by molar-refractivity contribution is 5.97. The second kappa shape index (κ2) is 9.21. The zero-order chi connectivity index (χ0) is 21.6. The van der Waals surface area contributed by atoms with Gasteiger partial charge in [0.25, 0.3) is 5.91 Å². The van der Waals surface area contributed by atoms with E-state index in [2.05, 4.69) is 20.6 Å². The zero-order valence-electron chi connectivity index (χ0n) is 17.2. The van der Waals surface area contributed by atoms with Crippen molar-refractivity contribution in [1.82, 2.24) is 19.9 Å². The van der Waals surface area contributed by atoms with E-state index in [1.165, 1.54) is 0 Å². The van der Waals surface area contributed by atoms with Gasteiger partial charge in [0.15, 0.2) is 0 Å². The average Bonchev–Trinajstić information content (AvgIpc) is 3.21. The van der Waals surface area contributed by atoms with Crippen LogP contribution >= 0.6 is 0 Å². The van der Waals surface area contributed by atoms with Crippen molar-refractivity contribution >= 4 is 28.5 Å². The van der Waals surface area contributed by atoms with Crippen LogP contribution in [0, 0.1) is 6.92 Å². The fraction of sp³-hybridized carbons (Fsp3) is 0.167. The lowest BCUT2D eigenvalue weighted by Crippen LogP contribution is -2.23. The van der Waals surface area contributed by atoms with Crippen molar-refractivity contribution < 1.29 is 9.59 Å². The molecular formula is C24H23N5O2. The summed E-state index contributed by atoms with van der Waals surface area (Å²) in [5.41, 5.74) is 4.69. The van der Waals surface area contributed by atoms with Crippen LogP contribution in [0.15, 0.2) is 73.2 Å². The van der Waals surface area contributed by atoms with Gasteiger partial charge in [0.1, 0.15) is 0 Å². The number of benzene rings is 2. The van der Waals surface area contributed by atoms with Gasteiger partial charge in [-0.3, -0.25) is 14.6 Å². The summed E-state index contributed by atoms with van der Waals surface area (Å²) in [5.74, 6) is -0.335. The highest BCUT2D eigenvalue weighted by atomic mass is 16.2. The number of para-hydroxylation sites is 2. The maximum absolute atomic E-state index is 12.5. The Labute approximate surface area is 180 Å². The molecule has 2 amide bonds. The molecule has 0 aliphatic rings. The first-order valence-corrected chi connectivity index (χ1v) is 10.1. The van der Waals surface area contributed by atoms with Crippen LogP contribution in [0.2, 0.25) is 0 Å². The Morgan fingerprint density at radius 1 is 1.00 bits per heavy atom. The van der Waals surface area contributed by atoms with Gasteiger partial charge >= 0.3 is 0 Å². The highest BCUT2D eigenvalue weighted by Crippen LogP contribution is 2.18. The summed E-state index contributed by atoms with van der Waals surface area (Å²) in [6.07, 6.45) is 3.74. The number of pyridine rings is 1. The van der Waals surface area contributed by atoms with Gasteiger partial charge in [-0.1, -0.05) is 24.3 Å². The monoisotopic (exact) mass is 413 g/mol. The number of hydrogen-bond acceptors (Lipinski definition) is 4. The number of hydrogen-bond donors (Lipinski definition) is 2. The molecule has 0 spiro atoms. The smallest absolute Gasteiger partial charge is 0.251 e. The maximum Gasteiger partial charge on any atom is 0.251 e. The molecule has 0 bridgehead atoms. The summed E-state index contributed by atoms with van der Waals surface area (Å²) in [4.78, 5) is 33.6. The third-order valence-corrected chi connectivity index (χ3v) is 5.04. The molecule has 0 atom stereocenters. The Bertz CT molecular complexity index is 1220. The molecule has 2 aromatic carbocycles. The van der Waals surface area contributed by atoms with Crippen molar-refractivity contribution in [3.05, 3.63) is 90.0 Å². The van der Waals surface area contributed by atoms with Crippen LogP contribution in [-0.2, 0) is 17.9 Å². The van der Waals surface area contributed by atoms with Crippen LogP contribution < -0.4 is 10.6 Å². The topological polar surface area (TPSA) is 88.9 Å². The summed E-state index contributed by atoms with van der Waals surface area (Å²) in [5, 5.41) is 5.78. The van der Waals surface area contributed by atoms with Gasteiger partial charge in [0.05, 0.1) is 29.6 Å². The van der Waals surface area contributed by atoms with Gasteiger partial charge in [0.2, 0.25) is 5.91 Å². The molecule has 156 valence electrons. The summed E-state index contributed by atoms with van der Waals surface area (Å²) in [7, 11) is 0. The van der Waals surface area contributed by atoms with E-state index in [9.17, 15) is 9.59 Å². The van der Waals surface area contributed by atoms with E-state index in [-0.39, 0.29) is 11.8 Å². The van der Waals surface area contributed by atoms with E-state index in [1.54, 1.807) is 24.7 Å². The molecule has 0 unspecified atom stereocenters. The van der Waals surface area contributed by atoms with E-state index >= 15 is 0 Å². The predicted molar refractivity (Wildman–Crippen MR) is 120 cm³/mol. The SMILES string of the molecule is Cc1ccc(C(=O)NCc2ccccn2)cc1NC(=O)CCn1cnc2ccccc21. The summed E-state index contributed by atoms with van der Waals surface area (Å²) >= 11 is 0. The molecule has 7 nitrogen and oxygen atoms in total. The molecular weight excluding hydrogens is 390 g/mol. The second-order valence-electron chi connectivity index (χ2n) is 7.26. The molecule has 0 aliphatic carbocycles. The van der Waals surface area contributed by atoms with Crippen LogP contribution in [0.4, 0.5) is 5.69 Å². The van der Waals surface area contributed by atoms with Crippen molar-refractivity contribution in [2.45, 2.75) is 26.4 Å². The van der Waals surface area contributed by atoms with Crippen LogP contribution in [-0.4, -0.2) is 26.3 Å². The highest BCUT2D eigenvalue weighted by Gasteiger charge is 2.11. The molecule has 31 heavy (non-hydrogen) atoms. The number of fused-ring (bicyclic) bond motifs is 1. The summed E-state index contributed by atoms with van der Waals surface area (Å²) < 4.78 is 1.96. The van der Waals surface area contributed by atoms with Crippen molar-refractivity contribution in [2.24, 2.45) is 0 Å². The summed E-state index contributed by atoms with van der Waals surface area (Å²) in [6.45, 7) is 2.76. The third-order valence-electron chi connectivity index (χ3n) is 5.04. The number of amides is 2.